The fourth-order valence-electron chi connectivity index (χ4n) is 3.23. The molecule has 0 heterocycles. The van der Waals surface area contributed by atoms with Gasteiger partial charge in [0.15, 0.2) is 0 Å². The molecule has 1 saturated carbocycles. The van der Waals surface area contributed by atoms with E-state index in [1.54, 1.807) is 0 Å². The lowest BCUT2D eigenvalue weighted by Gasteiger charge is -2.35. The number of hydrogen-bond acceptors (Lipinski definition) is 2. The second-order valence-corrected chi connectivity index (χ2v) is 5.98. The Morgan fingerprint density at radius 2 is 1.84 bits per heavy atom. The second-order valence-electron chi connectivity index (χ2n) is 5.98. The van der Waals surface area contributed by atoms with Gasteiger partial charge in [0.1, 0.15) is 5.75 Å². The van der Waals surface area contributed by atoms with Crippen LogP contribution in [0.15, 0.2) is 24.3 Å². The summed E-state index contributed by atoms with van der Waals surface area (Å²) in [5, 5.41) is 0. The van der Waals surface area contributed by atoms with E-state index < -0.39 is 0 Å². The van der Waals surface area contributed by atoms with Crippen LogP contribution < -0.4 is 10.5 Å². The molecule has 1 unspecified atom stereocenters. The summed E-state index contributed by atoms with van der Waals surface area (Å²) >= 11 is 0. The van der Waals surface area contributed by atoms with E-state index in [0.717, 1.165) is 31.2 Å². The first-order valence-corrected chi connectivity index (χ1v) is 7.64. The molecule has 1 fully saturated rings. The lowest BCUT2D eigenvalue weighted by molar-refractivity contribution is 0.302. The minimum atomic E-state index is 0.125. The van der Waals surface area contributed by atoms with Gasteiger partial charge in [0.25, 0.3) is 0 Å². The molecule has 2 rings (SSSR count). The third-order valence-electron chi connectivity index (χ3n) is 4.67. The molecule has 2 N–H and O–H groups in total. The van der Waals surface area contributed by atoms with Gasteiger partial charge in [-0.3, -0.25) is 0 Å². The van der Waals surface area contributed by atoms with Crippen molar-refractivity contribution in [3.8, 4) is 5.75 Å². The minimum Gasteiger partial charge on any atom is -0.494 e. The van der Waals surface area contributed by atoms with Crippen molar-refractivity contribution in [2.75, 3.05) is 13.2 Å². The van der Waals surface area contributed by atoms with Crippen LogP contribution in [0.4, 0.5) is 0 Å². The second kappa shape index (κ2) is 6.42. The van der Waals surface area contributed by atoms with Gasteiger partial charge in [0, 0.05) is 12.0 Å². The highest BCUT2D eigenvalue weighted by Gasteiger charge is 2.36. The predicted molar refractivity (Wildman–Crippen MR) is 80.6 cm³/mol. The molecule has 1 aliphatic rings. The van der Waals surface area contributed by atoms with Crippen LogP contribution in [0.2, 0.25) is 0 Å². The summed E-state index contributed by atoms with van der Waals surface area (Å²) in [6, 6.07) is 8.59. The predicted octanol–water partition coefficient (Wildman–Crippen LogP) is 3.88. The highest BCUT2D eigenvalue weighted by molar-refractivity contribution is 5.33. The van der Waals surface area contributed by atoms with Gasteiger partial charge >= 0.3 is 0 Å². The summed E-state index contributed by atoms with van der Waals surface area (Å²) in [6.45, 7) is 5.97. The van der Waals surface area contributed by atoms with Crippen LogP contribution in [0, 0.1) is 5.92 Å². The van der Waals surface area contributed by atoms with Crippen molar-refractivity contribution in [1.82, 2.24) is 0 Å². The fourth-order valence-corrected chi connectivity index (χ4v) is 3.23. The number of hydrogen-bond donors (Lipinski definition) is 1. The molecule has 0 radical (unpaired) electrons. The molecule has 2 nitrogen and oxygen atoms in total. The van der Waals surface area contributed by atoms with E-state index >= 15 is 0 Å². The average Bonchev–Trinajstić information content (AvgIpc) is 2.99. The van der Waals surface area contributed by atoms with Gasteiger partial charge in [0.2, 0.25) is 0 Å². The molecule has 0 spiro atoms. The normalized spacial score (nSPS) is 19.3. The van der Waals surface area contributed by atoms with Crippen molar-refractivity contribution in [2.45, 2.75) is 51.4 Å². The Kier molecular flexibility index (Phi) is 4.87. The summed E-state index contributed by atoms with van der Waals surface area (Å²) in [4.78, 5) is 0. The maximum atomic E-state index is 6.11. The number of rotatable bonds is 6. The molecular weight excluding hydrogens is 234 g/mol. The Morgan fingerprint density at radius 3 is 2.37 bits per heavy atom. The first kappa shape index (κ1) is 14.4. The molecule has 1 atom stereocenters. The lowest BCUT2D eigenvalue weighted by Crippen LogP contribution is -2.38. The van der Waals surface area contributed by atoms with E-state index in [9.17, 15) is 0 Å². The van der Waals surface area contributed by atoms with Crippen LogP contribution in [0.25, 0.3) is 0 Å². The van der Waals surface area contributed by atoms with Crippen LogP contribution >= 0.6 is 0 Å². The maximum Gasteiger partial charge on any atom is 0.119 e. The van der Waals surface area contributed by atoms with Crippen molar-refractivity contribution in [3.63, 3.8) is 0 Å². The quantitative estimate of drug-likeness (QED) is 0.843. The first-order valence-electron chi connectivity index (χ1n) is 7.64. The monoisotopic (exact) mass is 261 g/mol. The minimum absolute atomic E-state index is 0.125. The average molecular weight is 261 g/mol. The SMILES string of the molecule is CCCOc1ccc(C(C)(CN)C2CCCC2)cc1. The lowest BCUT2D eigenvalue weighted by atomic mass is 9.71. The maximum absolute atomic E-state index is 6.11. The molecule has 0 bridgehead atoms. The highest BCUT2D eigenvalue weighted by atomic mass is 16.5. The zero-order valence-electron chi connectivity index (χ0n) is 12.3. The van der Waals surface area contributed by atoms with E-state index in [1.165, 1.54) is 31.2 Å². The van der Waals surface area contributed by atoms with E-state index in [4.69, 9.17) is 10.5 Å². The van der Waals surface area contributed by atoms with E-state index in [1.807, 2.05) is 0 Å². The zero-order valence-corrected chi connectivity index (χ0v) is 12.3. The van der Waals surface area contributed by atoms with Gasteiger partial charge in [-0.2, -0.15) is 0 Å². The van der Waals surface area contributed by atoms with Crippen LogP contribution in [-0.2, 0) is 5.41 Å². The third-order valence-corrected chi connectivity index (χ3v) is 4.67. The molecule has 0 saturated heterocycles. The van der Waals surface area contributed by atoms with Gasteiger partial charge in [-0.15, -0.1) is 0 Å². The Labute approximate surface area is 117 Å². The van der Waals surface area contributed by atoms with E-state index in [0.29, 0.717) is 0 Å². The van der Waals surface area contributed by atoms with Crippen molar-refractivity contribution < 1.29 is 4.74 Å². The zero-order chi connectivity index (χ0) is 13.7. The van der Waals surface area contributed by atoms with Gasteiger partial charge in [-0.05, 0) is 42.9 Å². The van der Waals surface area contributed by atoms with Gasteiger partial charge in [-0.25, -0.2) is 0 Å². The first-order chi connectivity index (χ1) is 9.20. The van der Waals surface area contributed by atoms with Gasteiger partial charge < -0.3 is 10.5 Å². The molecule has 1 aromatic rings. The van der Waals surface area contributed by atoms with Crippen LogP contribution in [-0.4, -0.2) is 13.2 Å². The molecular formula is C17H27NO. The molecule has 1 aromatic carbocycles. The molecule has 0 amide bonds. The summed E-state index contributed by atoms with van der Waals surface area (Å²) in [6.07, 6.45) is 6.41. The molecule has 1 aliphatic carbocycles. The van der Waals surface area contributed by atoms with Crippen LogP contribution in [0.5, 0.6) is 5.75 Å². The van der Waals surface area contributed by atoms with Crippen LogP contribution in [0.1, 0.15) is 51.5 Å². The molecule has 0 aliphatic heterocycles. The number of nitrogens with two attached hydrogens (primary N) is 1. The number of ether oxygens (including phenoxy) is 1. The van der Waals surface area contributed by atoms with E-state index in [-0.39, 0.29) is 5.41 Å². The van der Waals surface area contributed by atoms with Crippen molar-refractivity contribution in [3.05, 3.63) is 29.8 Å². The molecule has 106 valence electrons. The highest BCUT2D eigenvalue weighted by Crippen LogP contribution is 2.41. The number of benzene rings is 1. The third kappa shape index (κ3) is 3.11. The topological polar surface area (TPSA) is 35.2 Å². The molecule has 0 aromatic heterocycles. The molecule has 19 heavy (non-hydrogen) atoms. The Hall–Kier alpha value is -1.02. The van der Waals surface area contributed by atoms with Crippen molar-refractivity contribution >= 4 is 0 Å². The Balaban J connectivity index is 2.13. The standard InChI is InChI=1S/C17H27NO/c1-3-12-19-16-10-8-15(9-11-16)17(2,13-18)14-6-4-5-7-14/h8-11,14H,3-7,12-13,18H2,1-2H3. The van der Waals surface area contributed by atoms with E-state index in [2.05, 4.69) is 38.1 Å². The van der Waals surface area contributed by atoms with Crippen molar-refractivity contribution in [2.24, 2.45) is 11.7 Å². The summed E-state index contributed by atoms with van der Waals surface area (Å²) in [7, 11) is 0. The smallest absolute Gasteiger partial charge is 0.119 e. The summed E-state index contributed by atoms with van der Waals surface area (Å²) in [5.41, 5.74) is 7.60. The largest absolute Gasteiger partial charge is 0.494 e. The fraction of sp³-hybridized carbons (Fsp3) is 0.647. The van der Waals surface area contributed by atoms with Gasteiger partial charge in [0.05, 0.1) is 6.61 Å². The Morgan fingerprint density at radius 1 is 1.21 bits per heavy atom. The van der Waals surface area contributed by atoms with Crippen LogP contribution in [0.3, 0.4) is 0 Å². The summed E-state index contributed by atoms with van der Waals surface area (Å²) < 4.78 is 5.65. The Bertz CT molecular complexity index is 381. The summed E-state index contributed by atoms with van der Waals surface area (Å²) in [5.74, 6) is 1.70. The van der Waals surface area contributed by atoms with Crippen molar-refractivity contribution in [1.29, 1.82) is 0 Å². The molecule has 2 heteroatoms. The van der Waals surface area contributed by atoms with Gasteiger partial charge in [-0.1, -0.05) is 38.8 Å².